The van der Waals surface area contributed by atoms with E-state index in [2.05, 4.69) is 5.32 Å². The van der Waals surface area contributed by atoms with E-state index < -0.39 is 30.3 Å². The maximum atomic E-state index is 14.7. The minimum absolute atomic E-state index is 0.0248. The Hall–Kier alpha value is -3.76. The Morgan fingerprint density at radius 1 is 1.16 bits per heavy atom. The van der Waals surface area contributed by atoms with Gasteiger partial charge < -0.3 is 20.3 Å². The highest BCUT2D eigenvalue weighted by Crippen LogP contribution is 2.27. The third kappa shape index (κ3) is 5.29. The van der Waals surface area contributed by atoms with Crippen LogP contribution in [0, 0.1) is 5.82 Å². The van der Waals surface area contributed by atoms with Gasteiger partial charge in [0.1, 0.15) is 11.9 Å². The number of nitrogens with one attached hydrogen (secondary N) is 2. The van der Waals surface area contributed by atoms with Crippen LogP contribution in [0.15, 0.2) is 47.3 Å². The lowest BCUT2D eigenvalue weighted by Gasteiger charge is -2.15. The molecule has 8 nitrogen and oxygen atoms in total. The van der Waals surface area contributed by atoms with Crippen LogP contribution in [0.25, 0.3) is 0 Å². The average molecular weight is 450 g/mol. The van der Waals surface area contributed by atoms with Crippen LogP contribution >= 0.6 is 0 Å². The summed E-state index contributed by atoms with van der Waals surface area (Å²) < 4.78 is 44.2. The third-order valence-electron chi connectivity index (χ3n) is 4.72. The Bertz CT molecular complexity index is 1080. The number of carbonyl (C=O) groups is 2. The molecule has 0 unspecified atom stereocenters. The lowest BCUT2D eigenvalue weighted by molar-refractivity contribution is -0.132. The molecule has 1 fully saturated rings. The van der Waals surface area contributed by atoms with Gasteiger partial charge in [-0.2, -0.15) is 8.78 Å². The fraction of sp³-hybridized carbons (Fsp3) is 0.286. The molecule has 0 saturated carbocycles. The zero-order valence-electron chi connectivity index (χ0n) is 17.3. The van der Waals surface area contributed by atoms with E-state index in [-0.39, 0.29) is 35.6 Å². The molecule has 0 spiro atoms. The van der Waals surface area contributed by atoms with Crippen LogP contribution in [-0.4, -0.2) is 51.7 Å². The predicted molar refractivity (Wildman–Crippen MR) is 113 cm³/mol. The van der Waals surface area contributed by atoms with Crippen molar-refractivity contribution < 1.29 is 27.5 Å². The number of halogens is 3. The molecular formula is C21H21F3N4O4. The number of cyclic esters (lactones) is 1. The first kappa shape index (κ1) is 22.9. The number of amides is 2. The van der Waals surface area contributed by atoms with E-state index in [1.54, 1.807) is 18.2 Å². The number of hydrogen-bond donors (Lipinski definition) is 2. The molecule has 1 aliphatic heterocycles. The Morgan fingerprint density at radius 2 is 1.84 bits per heavy atom. The standard InChI is InChI=1S/C21H21F3N4O4/c1-27(2)12-3-7-17(18(29)8-5-12)26-16-6-4-13(9-15(16)22)28-11-14(32-21(28)31)10-25-20(30)19(23)24/h3-9,14,19H,10-11H2,1-2H3,(H,25,30)(H,26,29)/t14-/m0/s1. The van der Waals surface area contributed by atoms with Crippen molar-refractivity contribution in [1.29, 1.82) is 0 Å². The predicted octanol–water partition coefficient (Wildman–Crippen LogP) is 2.70. The highest BCUT2D eigenvalue weighted by molar-refractivity contribution is 5.90. The molecule has 2 aromatic rings. The summed E-state index contributed by atoms with van der Waals surface area (Å²) >= 11 is 0. The topological polar surface area (TPSA) is 91.0 Å². The molecule has 1 saturated heterocycles. The van der Waals surface area contributed by atoms with Crippen molar-refractivity contribution in [2.24, 2.45) is 0 Å². The molecule has 3 rings (SSSR count). The normalized spacial score (nSPS) is 15.5. The molecule has 32 heavy (non-hydrogen) atoms. The summed E-state index contributed by atoms with van der Waals surface area (Å²) in [6.07, 6.45) is -4.83. The molecule has 0 radical (unpaired) electrons. The number of ether oxygens (including phenoxy) is 1. The lowest BCUT2D eigenvalue weighted by Crippen LogP contribution is -2.37. The molecule has 1 heterocycles. The van der Waals surface area contributed by atoms with Gasteiger partial charge in [0.05, 0.1) is 30.2 Å². The van der Waals surface area contributed by atoms with Crippen LogP contribution < -0.4 is 25.9 Å². The van der Waals surface area contributed by atoms with Crippen molar-refractivity contribution in [1.82, 2.24) is 5.32 Å². The van der Waals surface area contributed by atoms with Crippen LogP contribution in [0.3, 0.4) is 0 Å². The molecule has 2 N–H and O–H groups in total. The summed E-state index contributed by atoms with van der Waals surface area (Å²) in [7, 11) is 3.65. The highest BCUT2D eigenvalue weighted by atomic mass is 19.3. The number of anilines is 4. The fourth-order valence-corrected chi connectivity index (χ4v) is 3.01. The Kier molecular flexibility index (Phi) is 6.86. The van der Waals surface area contributed by atoms with Crippen molar-refractivity contribution in [2.75, 3.05) is 42.3 Å². The second-order valence-electron chi connectivity index (χ2n) is 7.22. The summed E-state index contributed by atoms with van der Waals surface area (Å²) in [5.41, 5.74) is 0.824. The lowest BCUT2D eigenvalue weighted by atomic mass is 10.2. The molecule has 11 heteroatoms. The maximum Gasteiger partial charge on any atom is 0.414 e. The monoisotopic (exact) mass is 450 g/mol. The van der Waals surface area contributed by atoms with Crippen LogP contribution in [0.2, 0.25) is 0 Å². The number of alkyl halides is 2. The summed E-state index contributed by atoms with van der Waals surface area (Å²) in [6, 6.07) is 10.2. The van der Waals surface area contributed by atoms with Crippen LogP contribution in [0.1, 0.15) is 0 Å². The van der Waals surface area contributed by atoms with E-state index in [0.29, 0.717) is 0 Å². The zero-order valence-corrected chi connectivity index (χ0v) is 17.3. The van der Waals surface area contributed by atoms with Gasteiger partial charge in [0.2, 0.25) is 5.43 Å². The Labute approximate surface area is 181 Å². The molecule has 170 valence electrons. The maximum absolute atomic E-state index is 14.7. The van der Waals surface area contributed by atoms with Gasteiger partial charge in [0.25, 0.3) is 5.91 Å². The highest BCUT2D eigenvalue weighted by Gasteiger charge is 2.33. The van der Waals surface area contributed by atoms with E-state index in [4.69, 9.17) is 4.74 Å². The van der Waals surface area contributed by atoms with Crippen LogP contribution in [-0.2, 0) is 9.53 Å². The van der Waals surface area contributed by atoms with Gasteiger partial charge in [-0.3, -0.25) is 14.5 Å². The van der Waals surface area contributed by atoms with Gasteiger partial charge in [-0.1, -0.05) is 0 Å². The molecule has 1 atom stereocenters. The summed E-state index contributed by atoms with van der Waals surface area (Å²) in [4.78, 5) is 38.2. The first-order valence-corrected chi connectivity index (χ1v) is 9.58. The van der Waals surface area contributed by atoms with Crippen molar-refractivity contribution in [3.05, 3.63) is 58.5 Å². The first-order chi connectivity index (χ1) is 15.2. The summed E-state index contributed by atoms with van der Waals surface area (Å²) in [5.74, 6) is -2.19. The van der Waals surface area contributed by atoms with Crippen molar-refractivity contribution in [3.63, 3.8) is 0 Å². The average Bonchev–Trinajstić information content (AvgIpc) is 3.01. The second kappa shape index (κ2) is 9.58. The molecule has 0 bridgehead atoms. The van der Waals surface area contributed by atoms with Crippen LogP contribution in [0.5, 0.6) is 0 Å². The van der Waals surface area contributed by atoms with E-state index in [1.165, 1.54) is 18.2 Å². The number of hydrogen-bond acceptors (Lipinski definition) is 6. The zero-order chi connectivity index (χ0) is 23.4. The second-order valence-corrected chi connectivity index (χ2v) is 7.22. The van der Waals surface area contributed by atoms with E-state index in [0.717, 1.165) is 16.7 Å². The first-order valence-electron chi connectivity index (χ1n) is 9.58. The molecular weight excluding hydrogens is 429 g/mol. The minimum Gasteiger partial charge on any atom is -0.442 e. The molecule has 0 aliphatic carbocycles. The van der Waals surface area contributed by atoms with Gasteiger partial charge in [-0.05, 0) is 42.5 Å². The largest absolute Gasteiger partial charge is 0.442 e. The Balaban J connectivity index is 1.72. The quantitative estimate of drug-likeness (QED) is 0.674. The fourth-order valence-electron chi connectivity index (χ4n) is 3.01. The van der Waals surface area contributed by atoms with Gasteiger partial charge in [-0.15, -0.1) is 0 Å². The summed E-state index contributed by atoms with van der Waals surface area (Å²) in [6.45, 7) is -0.346. The van der Waals surface area contributed by atoms with Crippen LogP contribution in [0.4, 0.5) is 40.7 Å². The minimum atomic E-state index is -3.17. The van der Waals surface area contributed by atoms with E-state index in [9.17, 15) is 27.6 Å². The number of carbonyl (C=O) groups excluding carboxylic acids is 2. The van der Waals surface area contributed by atoms with Crippen molar-refractivity contribution >= 4 is 34.7 Å². The molecule has 2 amide bonds. The third-order valence-corrected chi connectivity index (χ3v) is 4.72. The van der Waals surface area contributed by atoms with Gasteiger partial charge in [-0.25, -0.2) is 9.18 Å². The van der Waals surface area contributed by atoms with Crippen molar-refractivity contribution in [3.8, 4) is 0 Å². The molecule has 2 aromatic carbocycles. The Morgan fingerprint density at radius 3 is 2.50 bits per heavy atom. The molecule has 0 aromatic heterocycles. The van der Waals surface area contributed by atoms with E-state index in [1.807, 2.05) is 24.3 Å². The number of nitrogens with zero attached hydrogens (tertiary/aromatic N) is 2. The van der Waals surface area contributed by atoms with Gasteiger partial charge in [0.15, 0.2) is 0 Å². The van der Waals surface area contributed by atoms with Gasteiger partial charge in [0, 0.05) is 19.8 Å². The van der Waals surface area contributed by atoms with Gasteiger partial charge >= 0.3 is 12.5 Å². The SMILES string of the molecule is CN(C)c1ccc(Nc2ccc(N3C[C@H](CNC(=O)C(F)F)OC3=O)cc2F)c(=O)cc1. The van der Waals surface area contributed by atoms with Crippen molar-refractivity contribution in [2.45, 2.75) is 12.5 Å². The number of rotatable bonds is 7. The summed E-state index contributed by atoms with van der Waals surface area (Å²) in [5, 5.41) is 4.72. The smallest absolute Gasteiger partial charge is 0.414 e. The molecule has 1 aliphatic rings. The number of benzene rings is 1. The van der Waals surface area contributed by atoms with E-state index >= 15 is 0 Å².